The van der Waals surface area contributed by atoms with Gasteiger partial charge in [-0.15, -0.1) is 0 Å². The first-order chi connectivity index (χ1) is 6.79. The minimum atomic E-state index is -0.787. The Morgan fingerprint density at radius 2 is 2.07 bits per heavy atom. The fourth-order valence-corrected chi connectivity index (χ4v) is 2.05. The minimum Gasteiger partial charge on any atom is -0.342 e. The summed E-state index contributed by atoms with van der Waals surface area (Å²) in [7, 11) is 0. The third kappa shape index (κ3) is 1.74. The molecule has 1 unspecified atom stereocenters. The van der Waals surface area contributed by atoms with Crippen molar-refractivity contribution in [3.63, 3.8) is 0 Å². The maximum absolute atomic E-state index is 13.6. The maximum Gasteiger partial charge on any atom is 0.172 e. The highest BCUT2D eigenvalue weighted by Gasteiger charge is 2.22. The zero-order valence-electron chi connectivity index (χ0n) is 8.54. The molecule has 1 saturated heterocycles. The Labute approximate surface area is 84.5 Å². The van der Waals surface area contributed by atoms with Crippen molar-refractivity contribution in [2.45, 2.75) is 32.5 Å². The number of alkyl halides is 1. The minimum absolute atomic E-state index is 0.675. The standard InChI is InChI=1S/C12H16FN/c1-10-6-2-3-7-11(10)14-9-5-4-8-12(14)13/h2-3,6-7,12H,4-5,8-9H2,1H3. The van der Waals surface area contributed by atoms with Crippen LogP contribution in [0, 0.1) is 6.92 Å². The Hall–Kier alpha value is -1.05. The molecule has 1 atom stereocenters. The molecule has 14 heavy (non-hydrogen) atoms. The molecule has 0 bridgehead atoms. The molecule has 1 heterocycles. The molecule has 1 fully saturated rings. The Balaban J connectivity index is 2.25. The molecular weight excluding hydrogens is 177 g/mol. The zero-order valence-corrected chi connectivity index (χ0v) is 8.54. The van der Waals surface area contributed by atoms with Gasteiger partial charge < -0.3 is 4.90 Å². The lowest BCUT2D eigenvalue weighted by Crippen LogP contribution is -2.36. The monoisotopic (exact) mass is 193 g/mol. The summed E-state index contributed by atoms with van der Waals surface area (Å²) in [5.74, 6) is 0. The molecule has 0 aromatic heterocycles. The smallest absolute Gasteiger partial charge is 0.172 e. The van der Waals surface area contributed by atoms with E-state index in [0.29, 0.717) is 6.42 Å². The van der Waals surface area contributed by atoms with Crippen molar-refractivity contribution in [3.05, 3.63) is 29.8 Å². The van der Waals surface area contributed by atoms with Gasteiger partial charge in [0.1, 0.15) is 0 Å². The number of anilines is 1. The summed E-state index contributed by atoms with van der Waals surface area (Å²) in [5, 5.41) is 0. The number of hydrogen-bond donors (Lipinski definition) is 0. The number of nitrogens with zero attached hydrogens (tertiary/aromatic N) is 1. The van der Waals surface area contributed by atoms with E-state index in [2.05, 4.69) is 0 Å². The second-order valence-corrected chi connectivity index (χ2v) is 3.91. The van der Waals surface area contributed by atoms with Crippen LogP contribution in [0.1, 0.15) is 24.8 Å². The van der Waals surface area contributed by atoms with Gasteiger partial charge >= 0.3 is 0 Å². The molecule has 0 saturated carbocycles. The van der Waals surface area contributed by atoms with E-state index in [9.17, 15) is 4.39 Å². The number of halogens is 1. The van der Waals surface area contributed by atoms with E-state index >= 15 is 0 Å². The highest BCUT2D eigenvalue weighted by atomic mass is 19.1. The molecule has 1 aliphatic rings. The van der Waals surface area contributed by atoms with Gasteiger partial charge in [-0.25, -0.2) is 4.39 Å². The van der Waals surface area contributed by atoms with Crippen LogP contribution in [0.2, 0.25) is 0 Å². The molecule has 2 rings (SSSR count). The molecule has 0 N–H and O–H groups in total. The van der Waals surface area contributed by atoms with Gasteiger partial charge in [-0.1, -0.05) is 18.2 Å². The molecule has 2 heteroatoms. The summed E-state index contributed by atoms with van der Waals surface area (Å²) in [5.41, 5.74) is 2.22. The van der Waals surface area contributed by atoms with E-state index in [0.717, 1.165) is 30.6 Å². The molecule has 0 radical (unpaired) electrons. The van der Waals surface area contributed by atoms with Crippen molar-refractivity contribution in [3.8, 4) is 0 Å². The fourth-order valence-electron chi connectivity index (χ4n) is 2.05. The van der Waals surface area contributed by atoms with E-state index in [1.165, 1.54) is 0 Å². The summed E-state index contributed by atoms with van der Waals surface area (Å²) in [6.07, 6.45) is 2.01. The number of hydrogen-bond acceptors (Lipinski definition) is 1. The number of piperidine rings is 1. The first kappa shape index (κ1) is 9.50. The topological polar surface area (TPSA) is 3.24 Å². The Morgan fingerprint density at radius 1 is 1.29 bits per heavy atom. The Bertz CT molecular complexity index is 311. The lowest BCUT2D eigenvalue weighted by Gasteiger charge is -2.33. The normalized spacial score (nSPS) is 22.4. The van der Waals surface area contributed by atoms with E-state index < -0.39 is 6.30 Å². The lowest BCUT2D eigenvalue weighted by atomic mass is 10.1. The number of benzene rings is 1. The number of rotatable bonds is 1. The summed E-state index contributed by atoms with van der Waals surface area (Å²) >= 11 is 0. The van der Waals surface area contributed by atoms with Gasteiger partial charge in [0.25, 0.3) is 0 Å². The second kappa shape index (κ2) is 3.99. The average molecular weight is 193 g/mol. The Kier molecular flexibility index (Phi) is 2.71. The SMILES string of the molecule is Cc1ccccc1N1CCCCC1F. The first-order valence-corrected chi connectivity index (χ1v) is 5.25. The lowest BCUT2D eigenvalue weighted by molar-refractivity contribution is 0.265. The van der Waals surface area contributed by atoms with Gasteiger partial charge in [-0.05, 0) is 37.8 Å². The van der Waals surface area contributed by atoms with Gasteiger partial charge in [-0.3, -0.25) is 0 Å². The van der Waals surface area contributed by atoms with Crippen molar-refractivity contribution in [2.24, 2.45) is 0 Å². The van der Waals surface area contributed by atoms with Gasteiger partial charge in [0.2, 0.25) is 0 Å². The van der Waals surface area contributed by atoms with Crippen molar-refractivity contribution >= 4 is 5.69 Å². The zero-order chi connectivity index (χ0) is 9.97. The van der Waals surface area contributed by atoms with Crippen LogP contribution in [-0.4, -0.2) is 12.8 Å². The van der Waals surface area contributed by atoms with Crippen molar-refractivity contribution < 1.29 is 4.39 Å². The summed E-state index contributed by atoms with van der Waals surface area (Å²) in [6.45, 7) is 2.89. The third-order valence-corrected chi connectivity index (χ3v) is 2.85. The van der Waals surface area contributed by atoms with Crippen LogP contribution in [0.15, 0.2) is 24.3 Å². The number of para-hydroxylation sites is 1. The van der Waals surface area contributed by atoms with Gasteiger partial charge in [0, 0.05) is 12.2 Å². The van der Waals surface area contributed by atoms with Crippen LogP contribution in [0.25, 0.3) is 0 Å². The van der Waals surface area contributed by atoms with E-state index in [-0.39, 0.29) is 0 Å². The average Bonchev–Trinajstić information content (AvgIpc) is 2.20. The molecule has 76 valence electrons. The quantitative estimate of drug-likeness (QED) is 0.619. The highest BCUT2D eigenvalue weighted by molar-refractivity contribution is 5.53. The largest absolute Gasteiger partial charge is 0.342 e. The maximum atomic E-state index is 13.6. The van der Waals surface area contributed by atoms with E-state index in [1.807, 2.05) is 36.1 Å². The Morgan fingerprint density at radius 3 is 2.79 bits per heavy atom. The van der Waals surface area contributed by atoms with Gasteiger partial charge in [0.05, 0.1) is 0 Å². The van der Waals surface area contributed by atoms with Crippen molar-refractivity contribution in [1.29, 1.82) is 0 Å². The third-order valence-electron chi connectivity index (χ3n) is 2.85. The van der Waals surface area contributed by atoms with Crippen LogP contribution >= 0.6 is 0 Å². The summed E-state index contributed by atoms with van der Waals surface area (Å²) in [6, 6.07) is 8.02. The predicted octanol–water partition coefficient (Wildman–Crippen LogP) is 3.28. The van der Waals surface area contributed by atoms with Crippen LogP contribution in [0.4, 0.5) is 10.1 Å². The number of aryl methyl sites for hydroxylation is 1. The first-order valence-electron chi connectivity index (χ1n) is 5.25. The molecule has 1 aromatic carbocycles. The van der Waals surface area contributed by atoms with Crippen molar-refractivity contribution in [2.75, 3.05) is 11.4 Å². The van der Waals surface area contributed by atoms with E-state index in [4.69, 9.17) is 0 Å². The molecule has 0 spiro atoms. The van der Waals surface area contributed by atoms with Crippen LogP contribution < -0.4 is 4.90 Å². The molecule has 0 aliphatic carbocycles. The molecule has 0 amide bonds. The van der Waals surface area contributed by atoms with Crippen LogP contribution in [0.3, 0.4) is 0 Å². The highest BCUT2D eigenvalue weighted by Crippen LogP contribution is 2.27. The van der Waals surface area contributed by atoms with Gasteiger partial charge in [-0.2, -0.15) is 0 Å². The summed E-state index contributed by atoms with van der Waals surface area (Å²) in [4.78, 5) is 1.89. The molecule has 1 aromatic rings. The van der Waals surface area contributed by atoms with Gasteiger partial charge in [0.15, 0.2) is 6.30 Å². The molecular formula is C12H16FN. The van der Waals surface area contributed by atoms with Crippen LogP contribution in [0.5, 0.6) is 0 Å². The molecule has 1 aliphatic heterocycles. The molecule has 1 nitrogen and oxygen atoms in total. The summed E-state index contributed by atoms with van der Waals surface area (Å²) < 4.78 is 13.6. The predicted molar refractivity (Wildman–Crippen MR) is 57.3 cm³/mol. The fraction of sp³-hybridized carbons (Fsp3) is 0.500. The van der Waals surface area contributed by atoms with Crippen LogP contribution in [-0.2, 0) is 0 Å². The second-order valence-electron chi connectivity index (χ2n) is 3.91. The van der Waals surface area contributed by atoms with E-state index in [1.54, 1.807) is 0 Å². The van der Waals surface area contributed by atoms with Crippen molar-refractivity contribution in [1.82, 2.24) is 0 Å².